The van der Waals surface area contributed by atoms with Gasteiger partial charge in [0.15, 0.2) is 0 Å². The van der Waals surface area contributed by atoms with Crippen LogP contribution in [0, 0.1) is 17.1 Å². The van der Waals surface area contributed by atoms with Crippen LogP contribution < -0.4 is 0 Å². The van der Waals surface area contributed by atoms with Crippen LogP contribution in [0.5, 0.6) is 0 Å². The van der Waals surface area contributed by atoms with Crippen LogP contribution in [0.4, 0.5) is 4.39 Å². The zero-order chi connectivity index (χ0) is 13.5. The molecule has 1 unspecified atom stereocenters. The fourth-order valence-corrected chi connectivity index (χ4v) is 2.31. The van der Waals surface area contributed by atoms with Gasteiger partial charge in [0.1, 0.15) is 5.82 Å². The molecule has 0 amide bonds. The molecule has 0 N–H and O–H groups in total. The summed E-state index contributed by atoms with van der Waals surface area (Å²) in [5.74, 6) is -0.109. The number of carbonyl (C=O) groups excluding carboxylic acids is 1. The molecule has 96 valence electrons. The Hall–Kier alpha value is -1.54. The van der Waals surface area contributed by atoms with Crippen molar-refractivity contribution in [2.75, 3.05) is 7.11 Å². The third-order valence-corrected chi connectivity index (χ3v) is 3.54. The van der Waals surface area contributed by atoms with Crippen LogP contribution in [-0.2, 0) is 15.3 Å². The number of methoxy groups -OCH3 is 1. The van der Waals surface area contributed by atoms with Crippen molar-refractivity contribution in [2.24, 2.45) is 0 Å². The minimum absolute atomic E-state index is 0.0891. The van der Waals surface area contributed by atoms with E-state index in [1.165, 1.54) is 31.0 Å². The van der Waals surface area contributed by atoms with Crippen molar-refractivity contribution in [3.63, 3.8) is 0 Å². The van der Waals surface area contributed by atoms with E-state index < -0.39 is 5.82 Å². The first-order valence-electron chi connectivity index (χ1n) is 5.43. The molecule has 1 rings (SSSR count). The summed E-state index contributed by atoms with van der Waals surface area (Å²) < 4.78 is 17.7. The van der Waals surface area contributed by atoms with Crippen LogP contribution >= 0.6 is 11.8 Å². The van der Waals surface area contributed by atoms with E-state index in [1.54, 1.807) is 6.07 Å². The minimum Gasteiger partial charge on any atom is -0.469 e. The number of carbonyl (C=O) groups is 1. The lowest BCUT2D eigenvalue weighted by molar-refractivity contribution is -0.140. The second kappa shape index (κ2) is 7.02. The number of thioether (sulfide) groups is 1. The fourth-order valence-electron chi connectivity index (χ4n) is 1.41. The van der Waals surface area contributed by atoms with Crippen LogP contribution in [-0.4, -0.2) is 18.3 Å². The second-order valence-electron chi connectivity index (χ2n) is 3.86. The highest BCUT2D eigenvalue weighted by Gasteiger charge is 2.10. The van der Waals surface area contributed by atoms with Gasteiger partial charge in [-0.15, -0.1) is 0 Å². The van der Waals surface area contributed by atoms with E-state index in [4.69, 9.17) is 5.26 Å². The Morgan fingerprint density at radius 2 is 2.28 bits per heavy atom. The summed E-state index contributed by atoms with van der Waals surface area (Å²) in [4.78, 5) is 11.0. The van der Waals surface area contributed by atoms with Gasteiger partial charge in [0.2, 0.25) is 0 Å². The van der Waals surface area contributed by atoms with Crippen LogP contribution in [0.15, 0.2) is 18.2 Å². The molecule has 1 atom stereocenters. The molecule has 0 saturated heterocycles. The number of hydrogen-bond acceptors (Lipinski definition) is 4. The molecule has 0 fully saturated rings. The Kier molecular flexibility index (Phi) is 5.66. The summed E-state index contributed by atoms with van der Waals surface area (Å²) in [5.41, 5.74) is 1.06. The summed E-state index contributed by atoms with van der Waals surface area (Å²) in [7, 11) is 1.35. The summed E-state index contributed by atoms with van der Waals surface area (Å²) >= 11 is 1.52. The van der Waals surface area contributed by atoms with E-state index in [-0.39, 0.29) is 11.2 Å². The number of esters is 1. The third-order valence-electron chi connectivity index (χ3n) is 2.30. The molecule has 0 spiro atoms. The molecule has 5 heteroatoms. The average molecular weight is 267 g/mol. The lowest BCUT2D eigenvalue weighted by Gasteiger charge is -2.09. The first-order valence-corrected chi connectivity index (χ1v) is 6.48. The van der Waals surface area contributed by atoms with Gasteiger partial charge in [-0.3, -0.25) is 4.79 Å². The lowest BCUT2D eigenvalue weighted by Crippen LogP contribution is -2.08. The van der Waals surface area contributed by atoms with Crippen molar-refractivity contribution in [1.29, 1.82) is 5.26 Å². The number of rotatable bonds is 5. The molecule has 1 aromatic carbocycles. The van der Waals surface area contributed by atoms with E-state index in [0.29, 0.717) is 17.7 Å². The molecule has 0 aliphatic carbocycles. The van der Waals surface area contributed by atoms with Gasteiger partial charge in [0, 0.05) is 11.0 Å². The average Bonchev–Trinajstić information content (AvgIpc) is 2.35. The predicted molar refractivity (Wildman–Crippen MR) is 68.5 cm³/mol. The quantitative estimate of drug-likeness (QED) is 0.770. The number of hydrogen-bond donors (Lipinski definition) is 0. The zero-order valence-electron chi connectivity index (χ0n) is 10.3. The van der Waals surface area contributed by atoms with E-state index >= 15 is 0 Å². The molecule has 0 radical (unpaired) electrons. The highest BCUT2D eigenvalue weighted by molar-refractivity contribution is 7.99. The Morgan fingerprint density at radius 1 is 1.56 bits per heavy atom. The third kappa shape index (κ3) is 4.76. The molecular formula is C13H14FNO2S. The highest BCUT2D eigenvalue weighted by Crippen LogP contribution is 2.21. The summed E-state index contributed by atoms with van der Waals surface area (Å²) in [6.45, 7) is 1.91. The Balaban J connectivity index is 2.56. The minimum atomic E-state index is -0.412. The monoisotopic (exact) mass is 267 g/mol. The van der Waals surface area contributed by atoms with Gasteiger partial charge in [-0.1, -0.05) is 6.92 Å². The molecule has 0 heterocycles. The van der Waals surface area contributed by atoms with E-state index in [1.807, 2.05) is 13.0 Å². The van der Waals surface area contributed by atoms with Crippen molar-refractivity contribution in [3.05, 3.63) is 35.1 Å². The van der Waals surface area contributed by atoms with Crippen molar-refractivity contribution in [3.8, 4) is 6.07 Å². The smallest absolute Gasteiger partial charge is 0.306 e. The van der Waals surface area contributed by atoms with Gasteiger partial charge in [0.05, 0.1) is 25.2 Å². The molecule has 0 bridgehead atoms. The van der Waals surface area contributed by atoms with Gasteiger partial charge in [-0.25, -0.2) is 4.39 Å². The first kappa shape index (κ1) is 14.5. The van der Waals surface area contributed by atoms with Gasteiger partial charge in [-0.05, 0) is 23.8 Å². The normalized spacial score (nSPS) is 11.7. The Bertz CT molecular complexity index is 471. The van der Waals surface area contributed by atoms with Crippen molar-refractivity contribution in [2.45, 2.75) is 24.3 Å². The summed E-state index contributed by atoms with van der Waals surface area (Å²) in [6.07, 6.45) is 0.321. The van der Waals surface area contributed by atoms with Crippen molar-refractivity contribution in [1.82, 2.24) is 0 Å². The van der Waals surface area contributed by atoms with Gasteiger partial charge < -0.3 is 4.74 Å². The number of nitrogens with zero attached hydrogens (tertiary/aromatic N) is 1. The Labute approximate surface area is 110 Å². The number of benzene rings is 1. The summed E-state index contributed by atoms with van der Waals surface area (Å²) in [6, 6.07) is 6.17. The van der Waals surface area contributed by atoms with Gasteiger partial charge >= 0.3 is 5.97 Å². The SMILES string of the molecule is COC(=O)CC(C)SCc1cc(F)cc(C#N)c1. The molecule has 18 heavy (non-hydrogen) atoms. The van der Waals surface area contributed by atoms with Gasteiger partial charge in [-0.2, -0.15) is 17.0 Å². The largest absolute Gasteiger partial charge is 0.469 e. The maximum Gasteiger partial charge on any atom is 0.306 e. The van der Waals surface area contributed by atoms with Crippen molar-refractivity contribution >= 4 is 17.7 Å². The molecule has 0 aromatic heterocycles. The molecule has 0 aliphatic rings. The molecule has 3 nitrogen and oxygen atoms in total. The standard InChI is InChI=1S/C13H14FNO2S/c1-9(3-13(16)17-2)18-8-11-4-10(7-15)5-12(14)6-11/h4-6,9H,3,8H2,1-2H3. The lowest BCUT2D eigenvalue weighted by atomic mass is 10.1. The molecule has 0 saturated carbocycles. The summed E-state index contributed by atoms with van der Waals surface area (Å²) in [5, 5.41) is 8.82. The zero-order valence-corrected chi connectivity index (χ0v) is 11.1. The molecule has 0 aliphatic heterocycles. The van der Waals surface area contributed by atoms with Crippen molar-refractivity contribution < 1.29 is 13.9 Å². The van der Waals surface area contributed by atoms with E-state index in [9.17, 15) is 9.18 Å². The van der Waals surface area contributed by atoms with Crippen LogP contribution in [0.1, 0.15) is 24.5 Å². The molecule has 1 aromatic rings. The van der Waals surface area contributed by atoms with Crippen LogP contribution in [0.2, 0.25) is 0 Å². The van der Waals surface area contributed by atoms with E-state index in [0.717, 1.165) is 5.56 Å². The molecular weight excluding hydrogens is 253 g/mol. The maximum absolute atomic E-state index is 13.2. The first-order chi connectivity index (χ1) is 8.55. The number of halogens is 1. The Morgan fingerprint density at radius 3 is 2.89 bits per heavy atom. The van der Waals surface area contributed by atoms with Crippen LogP contribution in [0.25, 0.3) is 0 Å². The second-order valence-corrected chi connectivity index (χ2v) is 5.29. The topological polar surface area (TPSA) is 50.1 Å². The number of ether oxygens (including phenoxy) is 1. The maximum atomic E-state index is 13.2. The number of nitriles is 1. The fraction of sp³-hybridized carbons (Fsp3) is 0.385. The van der Waals surface area contributed by atoms with Crippen LogP contribution in [0.3, 0.4) is 0 Å². The van der Waals surface area contributed by atoms with Gasteiger partial charge in [0.25, 0.3) is 0 Å². The van der Waals surface area contributed by atoms with E-state index in [2.05, 4.69) is 4.74 Å². The predicted octanol–water partition coefficient (Wildman–Crippen LogP) is 2.88. The highest BCUT2D eigenvalue weighted by atomic mass is 32.2.